The van der Waals surface area contributed by atoms with Crippen LogP contribution in [0.1, 0.15) is 44.0 Å². The van der Waals surface area contributed by atoms with Crippen molar-refractivity contribution in [1.29, 1.82) is 0 Å². The van der Waals surface area contributed by atoms with Gasteiger partial charge in [0.05, 0.1) is 18.0 Å². The second-order valence-electron chi connectivity index (χ2n) is 10.1. The maximum absolute atomic E-state index is 12.6. The normalized spacial score (nSPS) is 20.0. The van der Waals surface area contributed by atoms with Crippen LogP contribution in [-0.2, 0) is 27.3 Å². The molecule has 174 valence electrons. The third-order valence-corrected chi connectivity index (χ3v) is 6.12. The minimum Gasteiger partial charge on any atom is -0.489 e. The number of fused-ring (bicyclic) bond motifs is 1. The Labute approximate surface area is 196 Å². The monoisotopic (exact) mass is 447 g/mol. The van der Waals surface area contributed by atoms with Gasteiger partial charge in [0.2, 0.25) is 0 Å². The third kappa shape index (κ3) is 5.53. The average Bonchev–Trinajstić information content (AvgIpc) is 3.45. The zero-order valence-corrected chi connectivity index (χ0v) is 20.2. The van der Waals surface area contributed by atoms with E-state index in [0.717, 1.165) is 46.3 Å². The van der Waals surface area contributed by atoms with Crippen LogP contribution in [-0.4, -0.2) is 30.3 Å². The summed E-state index contributed by atoms with van der Waals surface area (Å²) in [5.74, 6) is 0.577. The van der Waals surface area contributed by atoms with Crippen molar-refractivity contribution in [3.8, 4) is 5.75 Å². The zero-order chi connectivity index (χ0) is 23.6. The summed E-state index contributed by atoms with van der Waals surface area (Å²) in [6.07, 6.45) is 1.57. The lowest BCUT2D eigenvalue weighted by molar-refractivity contribution is -0.157. The first-order chi connectivity index (χ1) is 15.7. The summed E-state index contributed by atoms with van der Waals surface area (Å²) in [4.78, 5) is 17.2. The van der Waals surface area contributed by atoms with E-state index in [1.165, 1.54) is 0 Å². The molecule has 1 heterocycles. The van der Waals surface area contributed by atoms with Crippen LogP contribution in [0.5, 0.6) is 5.75 Å². The zero-order valence-electron chi connectivity index (χ0n) is 20.2. The van der Waals surface area contributed by atoms with Gasteiger partial charge in [-0.25, -0.2) is 0 Å². The minimum absolute atomic E-state index is 0.115. The van der Waals surface area contributed by atoms with Crippen LogP contribution in [0, 0.1) is 18.3 Å². The number of rotatable bonds is 8. The average molecular weight is 448 g/mol. The summed E-state index contributed by atoms with van der Waals surface area (Å²) >= 11 is 0. The number of hydrogen-bond donors (Lipinski definition) is 0. The molecule has 4 rings (SSSR count). The molecule has 0 N–H and O–H groups in total. The number of carbonyl (C=O) groups excluding carboxylic acids is 1. The van der Waals surface area contributed by atoms with E-state index in [0.29, 0.717) is 13.2 Å². The Morgan fingerprint density at radius 1 is 1.12 bits per heavy atom. The first-order valence-corrected chi connectivity index (χ1v) is 11.5. The van der Waals surface area contributed by atoms with E-state index in [2.05, 4.69) is 29.2 Å². The number of methoxy groups -OCH3 is 1. The fraction of sp³-hybridized carbons (Fsp3) is 0.429. The topological polar surface area (TPSA) is 57.7 Å². The predicted molar refractivity (Wildman–Crippen MR) is 129 cm³/mol. The molecule has 3 aromatic rings. The number of carbonyl (C=O) groups is 1. The van der Waals surface area contributed by atoms with Crippen molar-refractivity contribution < 1.29 is 19.0 Å². The lowest BCUT2D eigenvalue weighted by Crippen LogP contribution is -2.28. The molecule has 0 radical (unpaired) electrons. The van der Waals surface area contributed by atoms with Crippen molar-refractivity contribution in [2.75, 3.05) is 13.7 Å². The van der Waals surface area contributed by atoms with Crippen LogP contribution < -0.4 is 4.74 Å². The lowest BCUT2D eigenvalue weighted by Gasteiger charge is -2.22. The van der Waals surface area contributed by atoms with E-state index >= 15 is 0 Å². The summed E-state index contributed by atoms with van der Waals surface area (Å²) in [6.45, 7) is 8.74. The summed E-state index contributed by atoms with van der Waals surface area (Å²) in [7, 11) is 1.69. The number of benzene rings is 2. The number of nitrogens with zero attached hydrogens (tertiary/aromatic N) is 1. The van der Waals surface area contributed by atoms with E-state index in [-0.39, 0.29) is 17.3 Å². The highest BCUT2D eigenvalue weighted by Gasteiger charge is 2.59. The molecule has 5 heteroatoms. The van der Waals surface area contributed by atoms with Gasteiger partial charge in [0, 0.05) is 29.2 Å². The van der Waals surface area contributed by atoms with Crippen LogP contribution in [0.15, 0.2) is 54.6 Å². The van der Waals surface area contributed by atoms with E-state index in [4.69, 9.17) is 14.2 Å². The second-order valence-corrected chi connectivity index (χ2v) is 10.1. The summed E-state index contributed by atoms with van der Waals surface area (Å²) in [5, 5.41) is 1.11. The first kappa shape index (κ1) is 23.2. The molecule has 1 saturated carbocycles. The third-order valence-electron chi connectivity index (χ3n) is 6.12. The Hall–Kier alpha value is -2.92. The maximum Gasteiger partial charge on any atom is 0.310 e. The van der Waals surface area contributed by atoms with Crippen molar-refractivity contribution in [2.24, 2.45) is 11.3 Å². The van der Waals surface area contributed by atoms with E-state index in [9.17, 15) is 4.79 Å². The van der Waals surface area contributed by atoms with Crippen LogP contribution >= 0.6 is 0 Å². The number of aryl methyl sites for hydroxylation is 1. The van der Waals surface area contributed by atoms with Gasteiger partial charge in [0.15, 0.2) is 0 Å². The predicted octanol–water partition coefficient (Wildman–Crippen LogP) is 5.66. The quantitative estimate of drug-likeness (QED) is 0.417. The van der Waals surface area contributed by atoms with Crippen molar-refractivity contribution in [3.05, 3.63) is 71.4 Å². The van der Waals surface area contributed by atoms with Gasteiger partial charge < -0.3 is 14.2 Å². The molecule has 0 bridgehead atoms. The molecule has 1 aliphatic rings. The molecule has 1 unspecified atom stereocenters. The van der Waals surface area contributed by atoms with Crippen LogP contribution in [0.4, 0.5) is 0 Å². The van der Waals surface area contributed by atoms with Gasteiger partial charge in [0.1, 0.15) is 18.0 Å². The standard InChI is InChI=1S/C28H33NO4/c1-19-14-21(23-8-6-7-9-25(23)29-19)17-32-22-12-10-20(11-13-22)15-28(18-31-5)16-24(28)26(30)33-27(2,3)4/h6-14,24H,15-18H2,1-5H3/t24?,28-/m1/s1. The van der Waals surface area contributed by atoms with Crippen molar-refractivity contribution >= 4 is 16.9 Å². The molecule has 0 aliphatic heterocycles. The van der Waals surface area contributed by atoms with Gasteiger partial charge in [-0.05, 0) is 70.4 Å². The van der Waals surface area contributed by atoms with Crippen molar-refractivity contribution in [1.82, 2.24) is 4.98 Å². The Morgan fingerprint density at radius 2 is 1.85 bits per heavy atom. The maximum atomic E-state index is 12.6. The lowest BCUT2D eigenvalue weighted by atomic mass is 9.94. The van der Waals surface area contributed by atoms with E-state index < -0.39 is 5.60 Å². The largest absolute Gasteiger partial charge is 0.489 e. The molecule has 1 aliphatic carbocycles. The first-order valence-electron chi connectivity index (χ1n) is 11.5. The van der Waals surface area contributed by atoms with E-state index in [1.54, 1.807) is 7.11 Å². The number of aromatic nitrogens is 1. The number of ether oxygens (including phenoxy) is 3. The molecule has 1 fully saturated rings. The molecular formula is C28H33NO4. The molecule has 0 spiro atoms. The summed E-state index contributed by atoms with van der Waals surface area (Å²) in [6, 6.07) is 18.4. The van der Waals surface area contributed by atoms with Gasteiger partial charge in [-0.1, -0.05) is 30.3 Å². The van der Waals surface area contributed by atoms with Gasteiger partial charge in [-0.15, -0.1) is 0 Å². The molecule has 5 nitrogen and oxygen atoms in total. The number of hydrogen-bond acceptors (Lipinski definition) is 5. The van der Waals surface area contributed by atoms with Crippen LogP contribution in [0.25, 0.3) is 10.9 Å². The Balaban J connectivity index is 1.41. The van der Waals surface area contributed by atoms with Crippen molar-refractivity contribution in [2.45, 2.75) is 52.7 Å². The van der Waals surface area contributed by atoms with Crippen LogP contribution in [0.2, 0.25) is 0 Å². The highest BCUT2D eigenvalue weighted by Crippen LogP contribution is 2.56. The Morgan fingerprint density at radius 3 is 2.55 bits per heavy atom. The van der Waals surface area contributed by atoms with Gasteiger partial charge in [0.25, 0.3) is 0 Å². The molecule has 33 heavy (non-hydrogen) atoms. The Bertz CT molecular complexity index is 1130. The second kappa shape index (κ2) is 9.14. The summed E-state index contributed by atoms with van der Waals surface area (Å²) in [5.41, 5.74) is 3.59. The van der Waals surface area contributed by atoms with Gasteiger partial charge in [-0.3, -0.25) is 9.78 Å². The molecule has 1 aromatic heterocycles. The van der Waals surface area contributed by atoms with Gasteiger partial charge in [-0.2, -0.15) is 0 Å². The highest BCUT2D eigenvalue weighted by atomic mass is 16.6. The number of esters is 1. The van der Waals surface area contributed by atoms with E-state index in [1.807, 2.05) is 58.0 Å². The highest BCUT2D eigenvalue weighted by molar-refractivity contribution is 5.82. The molecular weight excluding hydrogens is 414 g/mol. The molecule has 2 aromatic carbocycles. The molecule has 0 saturated heterocycles. The Kier molecular flexibility index (Phi) is 6.44. The minimum atomic E-state index is -0.476. The fourth-order valence-electron chi connectivity index (χ4n) is 4.53. The fourth-order valence-corrected chi connectivity index (χ4v) is 4.53. The smallest absolute Gasteiger partial charge is 0.310 e. The van der Waals surface area contributed by atoms with Crippen molar-refractivity contribution in [3.63, 3.8) is 0 Å². The number of pyridine rings is 1. The SMILES string of the molecule is COC[C@@]1(Cc2ccc(OCc3cc(C)nc4ccccc34)cc2)CC1C(=O)OC(C)(C)C. The number of para-hydroxylation sites is 1. The summed E-state index contributed by atoms with van der Waals surface area (Å²) < 4.78 is 17.2. The molecule has 0 amide bonds. The van der Waals surface area contributed by atoms with Crippen LogP contribution in [0.3, 0.4) is 0 Å². The van der Waals surface area contributed by atoms with Gasteiger partial charge >= 0.3 is 5.97 Å². The molecule has 2 atom stereocenters.